The summed E-state index contributed by atoms with van der Waals surface area (Å²) in [5.74, 6) is 0. The maximum atomic E-state index is 12.7. The molecule has 2 aromatic rings. The van der Waals surface area contributed by atoms with E-state index in [1.54, 1.807) is 0 Å². The molecule has 24 heavy (non-hydrogen) atoms. The van der Waals surface area contributed by atoms with Gasteiger partial charge in [-0.25, -0.2) is 4.79 Å². The van der Waals surface area contributed by atoms with E-state index in [0.29, 0.717) is 6.61 Å². The van der Waals surface area contributed by atoms with Crippen molar-refractivity contribution in [2.75, 3.05) is 6.54 Å². The van der Waals surface area contributed by atoms with Crippen molar-refractivity contribution in [1.82, 2.24) is 4.90 Å². The summed E-state index contributed by atoms with van der Waals surface area (Å²) in [6.45, 7) is 3.29. The number of carbonyl (C=O) groups is 1. The quantitative estimate of drug-likeness (QED) is 0.790. The Morgan fingerprint density at radius 1 is 1.04 bits per heavy atom. The lowest BCUT2D eigenvalue weighted by atomic mass is 9.86. The van der Waals surface area contributed by atoms with Gasteiger partial charge >= 0.3 is 6.09 Å². The summed E-state index contributed by atoms with van der Waals surface area (Å²) in [7, 11) is 0. The van der Waals surface area contributed by atoms with Crippen LogP contribution in [0.1, 0.15) is 37.3 Å². The van der Waals surface area contributed by atoms with Crippen LogP contribution in [0.15, 0.2) is 60.7 Å². The van der Waals surface area contributed by atoms with Gasteiger partial charge in [0, 0.05) is 6.54 Å². The van der Waals surface area contributed by atoms with Crippen molar-refractivity contribution in [2.24, 2.45) is 0 Å². The van der Waals surface area contributed by atoms with Gasteiger partial charge < -0.3 is 9.64 Å². The van der Waals surface area contributed by atoms with Crippen LogP contribution in [0, 0.1) is 0 Å². The molecule has 0 radical (unpaired) electrons. The number of nitrogens with zero attached hydrogens (tertiary/aromatic N) is 1. The first-order valence-electron chi connectivity index (χ1n) is 8.76. The molecule has 1 aliphatic rings. The van der Waals surface area contributed by atoms with Crippen LogP contribution >= 0.6 is 0 Å². The van der Waals surface area contributed by atoms with Crippen molar-refractivity contribution >= 4 is 6.09 Å². The minimum Gasteiger partial charge on any atom is -0.445 e. The van der Waals surface area contributed by atoms with Gasteiger partial charge in [-0.3, -0.25) is 0 Å². The second-order valence-electron chi connectivity index (χ2n) is 6.54. The van der Waals surface area contributed by atoms with E-state index in [0.717, 1.165) is 37.8 Å². The van der Waals surface area contributed by atoms with Gasteiger partial charge in [-0.15, -0.1) is 0 Å². The highest BCUT2D eigenvalue weighted by atomic mass is 16.6. The smallest absolute Gasteiger partial charge is 0.410 e. The summed E-state index contributed by atoms with van der Waals surface area (Å²) in [6.07, 6.45) is 3.74. The third-order valence-corrected chi connectivity index (χ3v) is 5.06. The molecule has 3 heteroatoms. The number of ether oxygens (including phenoxy) is 1. The molecule has 1 amide bonds. The van der Waals surface area contributed by atoms with E-state index < -0.39 is 0 Å². The van der Waals surface area contributed by atoms with E-state index in [2.05, 4.69) is 31.2 Å². The van der Waals surface area contributed by atoms with Crippen LogP contribution in [0.2, 0.25) is 0 Å². The SMILES string of the molecule is CCC1(Cc2ccccc2)CCCN1C(=O)OCc1ccccc1. The van der Waals surface area contributed by atoms with Crippen molar-refractivity contribution in [3.05, 3.63) is 71.8 Å². The fourth-order valence-corrected chi connectivity index (χ4v) is 3.67. The number of hydrogen-bond acceptors (Lipinski definition) is 2. The fraction of sp³-hybridized carbons (Fsp3) is 0.381. The molecule has 1 aliphatic heterocycles. The minimum atomic E-state index is -0.186. The largest absolute Gasteiger partial charge is 0.445 e. The van der Waals surface area contributed by atoms with Crippen LogP contribution in [0.4, 0.5) is 4.79 Å². The summed E-state index contributed by atoms with van der Waals surface area (Å²) in [5, 5.41) is 0. The first-order chi connectivity index (χ1) is 11.7. The number of benzene rings is 2. The second kappa shape index (κ2) is 7.52. The van der Waals surface area contributed by atoms with Gasteiger partial charge in [0.05, 0.1) is 5.54 Å². The second-order valence-corrected chi connectivity index (χ2v) is 6.54. The molecule has 0 bridgehead atoms. The zero-order valence-corrected chi connectivity index (χ0v) is 14.3. The fourth-order valence-electron chi connectivity index (χ4n) is 3.67. The maximum absolute atomic E-state index is 12.7. The Bertz CT molecular complexity index is 656. The molecule has 1 saturated heterocycles. The molecule has 0 aromatic heterocycles. The number of hydrogen-bond donors (Lipinski definition) is 0. The van der Waals surface area contributed by atoms with E-state index in [1.807, 2.05) is 41.3 Å². The summed E-state index contributed by atoms with van der Waals surface area (Å²) >= 11 is 0. The standard InChI is InChI=1S/C21H25NO2/c1-2-21(16-18-10-5-3-6-11-18)14-9-15-22(21)20(23)24-17-19-12-7-4-8-13-19/h3-8,10-13H,2,9,14-17H2,1H3. The zero-order chi connectivity index (χ0) is 16.8. The Kier molecular flexibility index (Phi) is 5.19. The lowest BCUT2D eigenvalue weighted by Crippen LogP contribution is -2.48. The normalized spacial score (nSPS) is 20.1. The molecule has 3 nitrogen and oxygen atoms in total. The lowest BCUT2D eigenvalue weighted by molar-refractivity contribution is 0.0628. The highest BCUT2D eigenvalue weighted by Crippen LogP contribution is 2.36. The molecule has 0 N–H and O–H groups in total. The van der Waals surface area contributed by atoms with E-state index >= 15 is 0 Å². The van der Waals surface area contributed by atoms with Crippen molar-refractivity contribution in [2.45, 2.75) is 44.8 Å². The van der Waals surface area contributed by atoms with Gasteiger partial charge in [0.1, 0.15) is 6.61 Å². The molecule has 0 saturated carbocycles. The van der Waals surface area contributed by atoms with Gasteiger partial charge in [0.25, 0.3) is 0 Å². The molecule has 1 atom stereocenters. The Hall–Kier alpha value is -2.29. The predicted molar refractivity (Wildman–Crippen MR) is 95.7 cm³/mol. The highest BCUT2D eigenvalue weighted by Gasteiger charge is 2.43. The van der Waals surface area contributed by atoms with Crippen molar-refractivity contribution in [1.29, 1.82) is 0 Å². The summed E-state index contributed by atoms with van der Waals surface area (Å²) < 4.78 is 5.59. The molecular weight excluding hydrogens is 298 g/mol. The minimum absolute atomic E-state index is 0.116. The number of carbonyl (C=O) groups excluding carboxylic acids is 1. The highest BCUT2D eigenvalue weighted by molar-refractivity contribution is 5.69. The molecule has 1 heterocycles. The predicted octanol–water partition coefficient (Wildman–Crippen LogP) is 4.81. The van der Waals surface area contributed by atoms with Crippen molar-refractivity contribution < 1.29 is 9.53 Å². The zero-order valence-electron chi connectivity index (χ0n) is 14.3. The lowest BCUT2D eigenvalue weighted by Gasteiger charge is -2.37. The molecule has 1 unspecified atom stereocenters. The Balaban J connectivity index is 1.69. The van der Waals surface area contributed by atoms with Gasteiger partial charge in [0.2, 0.25) is 0 Å². The first kappa shape index (κ1) is 16.6. The van der Waals surface area contributed by atoms with Gasteiger partial charge in [-0.2, -0.15) is 0 Å². The van der Waals surface area contributed by atoms with Crippen LogP contribution < -0.4 is 0 Å². The number of amides is 1. The average Bonchev–Trinajstić information content (AvgIpc) is 3.05. The Morgan fingerprint density at radius 3 is 2.29 bits per heavy atom. The molecule has 2 aromatic carbocycles. The van der Waals surface area contributed by atoms with Gasteiger partial charge in [-0.05, 0) is 36.8 Å². The molecule has 3 rings (SSSR count). The maximum Gasteiger partial charge on any atom is 0.410 e. The number of likely N-dealkylation sites (tertiary alicyclic amines) is 1. The average molecular weight is 323 g/mol. The molecule has 1 fully saturated rings. The molecule has 126 valence electrons. The summed E-state index contributed by atoms with van der Waals surface area (Å²) in [5.41, 5.74) is 2.19. The third-order valence-electron chi connectivity index (χ3n) is 5.06. The van der Waals surface area contributed by atoms with Crippen molar-refractivity contribution in [3.63, 3.8) is 0 Å². The monoisotopic (exact) mass is 323 g/mol. The van der Waals surface area contributed by atoms with E-state index in [1.165, 1.54) is 5.56 Å². The Labute approximate surface area is 144 Å². The third kappa shape index (κ3) is 3.61. The van der Waals surface area contributed by atoms with Crippen molar-refractivity contribution in [3.8, 4) is 0 Å². The van der Waals surface area contributed by atoms with E-state index in [4.69, 9.17) is 4.74 Å². The molecule has 0 spiro atoms. The van der Waals surface area contributed by atoms with Crippen LogP contribution in [0.5, 0.6) is 0 Å². The topological polar surface area (TPSA) is 29.5 Å². The molecule has 0 aliphatic carbocycles. The van der Waals surface area contributed by atoms with E-state index in [9.17, 15) is 4.79 Å². The van der Waals surface area contributed by atoms with E-state index in [-0.39, 0.29) is 11.6 Å². The Morgan fingerprint density at radius 2 is 1.67 bits per heavy atom. The molecular formula is C21H25NO2. The first-order valence-corrected chi connectivity index (χ1v) is 8.76. The summed E-state index contributed by atoms with van der Waals surface area (Å²) in [4.78, 5) is 14.6. The summed E-state index contributed by atoms with van der Waals surface area (Å²) in [6, 6.07) is 20.3. The van der Waals surface area contributed by atoms with Gasteiger partial charge in [0.15, 0.2) is 0 Å². The number of rotatable bonds is 5. The van der Waals surface area contributed by atoms with Crippen LogP contribution in [0.25, 0.3) is 0 Å². The van der Waals surface area contributed by atoms with Crippen LogP contribution in [0.3, 0.4) is 0 Å². The van der Waals surface area contributed by atoms with Crippen LogP contribution in [-0.2, 0) is 17.8 Å². The van der Waals surface area contributed by atoms with Crippen LogP contribution in [-0.4, -0.2) is 23.1 Å². The van der Waals surface area contributed by atoms with Gasteiger partial charge in [-0.1, -0.05) is 67.6 Å².